The molecule has 0 saturated heterocycles. The molecule has 0 bridgehead atoms. The number of rotatable bonds is 4. The maximum absolute atomic E-state index is 10.0. The second-order valence-corrected chi connectivity index (χ2v) is 7.37. The van der Waals surface area contributed by atoms with Crippen LogP contribution in [-0.4, -0.2) is 11.2 Å². The van der Waals surface area contributed by atoms with Crippen LogP contribution in [0.5, 0.6) is 0 Å². The second kappa shape index (κ2) is 5.52. The maximum Gasteiger partial charge on any atom is 0.0931 e. The van der Waals surface area contributed by atoms with Crippen molar-refractivity contribution in [1.29, 1.82) is 0 Å². The van der Waals surface area contributed by atoms with E-state index in [1.165, 1.54) is 4.88 Å². The Morgan fingerprint density at radius 3 is 2.44 bits per heavy atom. The van der Waals surface area contributed by atoms with Crippen LogP contribution in [-0.2, 0) is 6.42 Å². The SMILES string of the molecule is CC(CC(O)Cc1ccc(Cl)s1)C(C)(C)C. The van der Waals surface area contributed by atoms with Gasteiger partial charge in [-0.25, -0.2) is 0 Å². The Labute approximate surface area is 107 Å². The van der Waals surface area contributed by atoms with Crippen LogP contribution < -0.4 is 0 Å². The summed E-state index contributed by atoms with van der Waals surface area (Å²) in [5.74, 6) is 0.512. The van der Waals surface area contributed by atoms with Gasteiger partial charge in [0.1, 0.15) is 0 Å². The quantitative estimate of drug-likeness (QED) is 0.852. The van der Waals surface area contributed by atoms with E-state index < -0.39 is 0 Å². The highest BCUT2D eigenvalue weighted by Crippen LogP contribution is 2.30. The Hall–Kier alpha value is -0.0500. The standard InChI is InChI=1S/C13H21ClOS/c1-9(13(2,3)4)7-10(15)8-11-5-6-12(14)16-11/h5-6,9-10,15H,7-8H2,1-4H3. The van der Waals surface area contributed by atoms with Gasteiger partial charge in [0.15, 0.2) is 0 Å². The van der Waals surface area contributed by atoms with Gasteiger partial charge >= 0.3 is 0 Å². The molecule has 0 fully saturated rings. The third-order valence-corrected chi connectivity index (χ3v) is 4.42. The number of hydrogen-bond donors (Lipinski definition) is 1. The third-order valence-electron chi connectivity index (χ3n) is 3.17. The summed E-state index contributed by atoms with van der Waals surface area (Å²) in [7, 11) is 0. The Morgan fingerprint density at radius 2 is 2.00 bits per heavy atom. The summed E-state index contributed by atoms with van der Waals surface area (Å²) in [6.45, 7) is 8.84. The van der Waals surface area contributed by atoms with E-state index in [0.717, 1.165) is 17.2 Å². The average Bonchev–Trinajstić information content (AvgIpc) is 2.49. The summed E-state index contributed by atoms with van der Waals surface area (Å²) in [5.41, 5.74) is 0.258. The van der Waals surface area contributed by atoms with Crippen molar-refractivity contribution in [2.75, 3.05) is 0 Å². The predicted molar refractivity (Wildman–Crippen MR) is 72.3 cm³/mol. The van der Waals surface area contributed by atoms with Gasteiger partial charge in [-0.15, -0.1) is 11.3 Å². The largest absolute Gasteiger partial charge is 0.393 e. The molecule has 0 aliphatic heterocycles. The van der Waals surface area contributed by atoms with Gasteiger partial charge < -0.3 is 5.11 Å². The van der Waals surface area contributed by atoms with Gasteiger partial charge in [0, 0.05) is 11.3 Å². The normalized spacial score (nSPS) is 16.1. The Bertz CT molecular complexity index is 327. The molecule has 2 atom stereocenters. The van der Waals surface area contributed by atoms with Crippen molar-refractivity contribution < 1.29 is 5.11 Å². The minimum absolute atomic E-state index is 0.258. The molecule has 2 unspecified atom stereocenters. The third kappa shape index (κ3) is 4.44. The molecule has 16 heavy (non-hydrogen) atoms. The van der Waals surface area contributed by atoms with Crippen molar-refractivity contribution in [1.82, 2.24) is 0 Å². The smallest absolute Gasteiger partial charge is 0.0931 e. The number of aliphatic hydroxyl groups excluding tert-OH is 1. The first-order chi connectivity index (χ1) is 7.29. The van der Waals surface area contributed by atoms with Crippen LogP contribution in [0, 0.1) is 11.3 Å². The summed E-state index contributed by atoms with van der Waals surface area (Å²) in [5, 5.41) is 10.0. The highest BCUT2D eigenvalue weighted by Gasteiger charge is 2.22. The van der Waals surface area contributed by atoms with E-state index in [2.05, 4.69) is 27.7 Å². The molecule has 1 N–H and O–H groups in total. The minimum atomic E-state index is -0.260. The Kier molecular flexibility index (Phi) is 4.84. The summed E-state index contributed by atoms with van der Waals surface area (Å²) < 4.78 is 0.797. The second-order valence-electron chi connectivity index (χ2n) is 5.57. The first-order valence-electron chi connectivity index (χ1n) is 5.71. The lowest BCUT2D eigenvalue weighted by Crippen LogP contribution is -2.23. The lowest BCUT2D eigenvalue weighted by Gasteiger charge is -2.29. The Morgan fingerprint density at radius 1 is 1.38 bits per heavy atom. The zero-order valence-corrected chi connectivity index (χ0v) is 12.0. The van der Waals surface area contributed by atoms with Crippen molar-refractivity contribution in [3.05, 3.63) is 21.3 Å². The molecular weight excluding hydrogens is 240 g/mol. The molecule has 0 amide bonds. The van der Waals surface area contributed by atoms with E-state index in [9.17, 15) is 5.11 Å². The van der Waals surface area contributed by atoms with E-state index >= 15 is 0 Å². The molecule has 3 heteroatoms. The van der Waals surface area contributed by atoms with Gasteiger partial charge in [0.05, 0.1) is 10.4 Å². The van der Waals surface area contributed by atoms with Crippen LogP contribution >= 0.6 is 22.9 Å². The molecule has 1 aromatic rings. The van der Waals surface area contributed by atoms with E-state index in [4.69, 9.17) is 11.6 Å². The fourth-order valence-corrected chi connectivity index (χ4v) is 2.70. The lowest BCUT2D eigenvalue weighted by molar-refractivity contribution is 0.111. The molecule has 0 spiro atoms. The zero-order valence-electron chi connectivity index (χ0n) is 10.5. The molecule has 1 rings (SSSR count). The predicted octanol–water partition coefficient (Wildman–Crippen LogP) is 4.38. The number of aliphatic hydroxyl groups is 1. The lowest BCUT2D eigenvalue weighted by atomic mass is 9.78. The minimum Gasteiger partial charge on any atom is -0.393 e. The Balaban J connectivity index is 2.45. The zero-order chi connectivity index (χ0) is 12.3. The molecule has 1 nitrogen and oxygen atoms in total. The summed E-state index contributed by atoms with van der Waals surface area (Å²) in [6.07, 6.45) is 1.31. The van der Waals surface area contributed by atoms with Crippen LogP contribution in [0.25, 0.3) is 0 Å². The fourth-order valence-electron chi connectivity index (χ4n) is 1.54. The molecule has 0 aromatic carbocycles. The molecule has 1 aromatic heterocycles. The van der Waals surface area contributed by atoms with Crippen LogP contribution in [0.3, 0.4) is 0 Å². The van der Waals surface area contributed by atoms with Gasteiger partial charge in [0.2, 0.25) is 0 Å². The molecular formula is C13H21ClOS. The molecule has 0 saturated carbocycles. The summed E-state index contributed by atoms with van der Waals surface area (Å²) in [4.78, 5) is 1.17. The molecule has 0 radical (unpaired) electrons. The van der Waals surface area contributed by atoms with Crippen LogP contribution in [0.15, 0.2) is 12.1 Å². The van der Waals surface area contributed by atoms with Crippen molar-refractivity contribution in [3.63, 3.8) is 0 Å². The average molecular weight is 261 g/mol. The number of thiophene rings is 1. The van der Waals surface area contributed by atoms with Crippen LogP contribution in [0.2, 0.25) is 4.34 Å². The summed E-state index contributed by atoms with van der Waals surface area (Å²) in [6, 6.07) is 3.89. The van der Waals surface area contributed by atoms with E-state index in [1.54, 1.807) is 11.3 Å². The van der Waals surface area contributed by atoms with E-state index in [0.29, 0.717) is 5.92 Å². The van der Waals surface area contributed by atoms with Crippen LogP contribution in [0.1, 0.15) is 39.0 Å². The highest BCUT2D eigenvalue weighted by atomic mass is 35.5. The maximum atomic E-state index is 10.0. The number of halogens is 1. The van der Waals surface area contributed by atoms with Crippen molar-refractivity contribution >= 4 is 22.9 Å². The summed E-state index contributed by atoms with van der Waals surface area (Å²) >= 11 is 7.42. The molecule has 92 valence electrons. The van der Waals surface area contributed by atoms with Gasteiger partial charge in [0.25, 0.3) is 0 Å². The number of hydrogen-bond acceptors (Lipinski definition) is 2. The monoisotopic (exact) mass is 260 g/mol. The first kappa shape index (κ1) is 14.0. The van der Waals surface area contributed by atoms with Crippen molar-refractivity contribution in [3.8, 4) is 0 Å². The fraction of sp³-hybridized carbons (Fsp3) is 0.692. The molecule has 1 heterocycles. The van der Waals surface area contributed by atoms with Gasteiger partial charge in [-0.1, -0.05) is 39.3 Å². The highest BCUT2D eigenvalue weighted by molar-refractivity contribution is 7.16. The van der Waals surface area contributed by atoms with Gasteiger partial charge in [-0.3, -0.25) is 0 Å². The van der Waals surface area contributed by atoms with Crippen molar-refractivity contribution in [2.24, 2.45) is 11.3 Å². The van der Waals surface area contributed by atoms with Crippen molar-refractivity contribution in [2.45, 2.75) is 46.6 Å². The topological polar surface area (TPSA) is 20.2 Å². The van der Waals surface area contributed by atoms with E-state index in [-0.39, 0.29) is 11.5 Å². The molecule has 0 aliphatic carbocycles. The van der Waals surface area contributed by atoms with E-state index in [1.807, 2.05) is 12.1 Å². The molecule has 0 aliphatic rings. The van der Waals surface area contributed by atoms with Gasteiger partial charge in [-0.2, -0.15) is 0 Å². The van der Waals surface area contributed by atoms with Gasteiger partial charge in [-0.05, 0) is 29.9 Å². The van der Waals surface area contributed by atoms with Crippen LogP contribution in [0.4, 0.5) is 0 Å². The first-order valence-corrected chi connectivity index (χ1v) is 6.90.